The second-order valence-electron chi connectivity index (χ2n) is 6.90. The third-order valence-corrected chi connectivity index (χ3v) is 4.14. The van der Waals surface area contributed by atoms with E-state index < -0.39 is 0 Å². The van der Waals surface area contributed by atoms with Crippen molar-refractivity contribution < 1.29 is 9.47 Å². The minimum absolute atomic E-state index is 0. The van der Waals surface area contributed by atoms with Crippen LogP contribution in [0.5, 0.6) is 11.5 Å². The molecule has 1 saturated heterocycles. The molecule has 0 bridgehead atoms. The average molecular weight is 379 g/mol. The molecule has 1 atom stereocenters. The maximum absolute atomic E-state index is 5.65. The number of benzene rings is 1. The number of nitrogens with zero attached hydrogens (tertiary/aromatic N) is 1. The van der Waals surface area contributed by atoms with Crippen LogP contribution in [-0.2, 0) is 0 Å². The fourth-order valence-corrected chi connectivity index (χ4v) is 3.33. The van der Waals surface area contributed by atoms with E-state index in [1.165, 1.54) is 5.56 Å². The van der Waals surface area contributed by atoms with Gasteiger partial charge in [-0.15, -0.1) is 24.8 Å². The first-order valence-electron chi connectivity index (χ1n) is 8.23. The Labute approximate surface area is 159 Å². The first-order chi connectivity index (χ1) is 10.5. The zero-order valence-electron chi connectivity index (χ0n) is 15.4. The maximum Gasteiger partial charge on any atom is 0.161 e. The lowest BCUT2D eigenvalue weighted by Gasteiger charge is -2.42. The van der Waals surface area contributed by atoms with Crippen LogP contribution in [0.25, 0.3) is 0 Å². The van der Waals surface area contributed by atoms with Crippen LogP contribution in [0.3, 0.4) is 0 Å². The summed E-state index contributed by atoms with van der Waals surface area (Å²) in [5, 5.41) is 3.43. The van der Waals surface area contributed by atoms with Gasteiger partial charge in [0.05, 0.1) is 13.7 Å². The average Bonchev–Trinajstić information content (AvgIpc) is 2.49. The van der Waals surface area contributed by atoms with Crippen LogP contribution in [0, 0.1) is 5.41 Å². The highest BCUT2D eigenvalue weighted by molar-refractivity contribution is 5.85. The number of hydrogen-bond donors (Lipinski definition) is 1. The van der Waals surface area contributed by atoms with Gasteiger partial charge >= 0.3 is 0 Å². The molecular formula is C18H32Cl2N2O2. The van der Waals surface area contributed by atoms with Gasteiger partial charge in [-0.05, 0) is 30.0 Å². The van der Waals surface area contributed by atoms with Gasteiger partial charge in [-0.25, -0.2) is 0 Å². The van der Waals surface area contributed by atoms with Crippen molar-refractivity contribution in [3.8, 4) is 11.5 Å². The lowest BCUT2D eigenvalue weighted by molar-refractivity contribution is 0.0860. The Balaban J connectivity index is 0.00000264. The van der Waals surface area contributed by atoms with Crippen molar-refractivity contribution in [3.63, 3.8) is 0 Å². The largest absolute Gasteiger partial charge is 0.493 e. The number of ether oxygens (including phenoxy) is 2. The lowest BCUT2D eigenvalue weighted by Crippen LogP contribution is -2.48. The highest BCUT2D eigenvalue weighted by Crippen LogP contribution is 2.41. The van der Waals surface area contributed by atoms with Crippen LogP contribution < -0.4 is 14.8 Å². The number of methoxy groups -OCH3 is 1. The summed E-state index contributed by atoms with van der Waals surface area (Å²) in [6, 6.07) is 6.74. The van der Waals surface area contributed by atoms with Crippen molar-refractivity contribution in [1.82, 2.24) is 10.2 Å². The molecule has 2 rings (SSSR count). The number of nitrogens with one attached hydrogen (secondary N) is 1. The molecular weight excluding hydrogens is 347 g/mol. The van der Waals surface area contributed by atoms with Crippen LogP contribution in [0.2, 0.25) is 0 Å². The van der Waals surface area contributed by atoms with Gasteiger partial charge in [0, 0.05) is 32.2 Å². The monoisotopic (exact) mass is 378 g/mol. The van der Waals surface area contributed by atoms with Gasteiger partial charge in [-0.2, -0.15) is 0 Å². The van der Waals surface area contributed by atoms with Crippen molar-refractivity contribution in [2.75, 3.05) is 39.9 Å². The predicted molar refractivity (Wildman–Crippen MR) is 105 cm³/mol. The second-order valence-corrected chi connectivity index (χ2v) is 6.90. The maximum atomic E-state index is 5.65. The highest BCUT2D eigenvalue weighted by Gasteiger charge is 2.33. The Hall–Kier alpha value is -0.680. The van der Waals surface area contributed by atoms with Crippen LogP contribution in [0.4, 0.5) is 0 Å². The van der Waals surface area contributed by atoms with Crippen LogP contribution >= 0.6 is 24.8 Å². The van der Waals surface area contributed by atoms with E-state index in [-0.39, 0.29) is 30.2 Å². The van der Waals surface area contributed by atoms with Crippen molar-refractivity contribution in [2.24, 2.45) is 5.41 Å². The van der Waals surface area contributed by atoms with Crippen molar-refractivity contribution in [2.45, 2.75) is 33.7 Å². The molecule has 0 saturated carbocycles. The summed E-state index contributed by atoms with van der Waals surface area (Å²) in [6.45, 7) is 13.8. The lowest BCUT2D eigenvalue weighted by atomic mass is 9.81. The summed E-state index contributed by atoms with van der Waals surface area (Å²) in [7, 11) is 1.71. The smallest absolute Gasteiger partial charge is 0.161 e. The highest BCUT2D eigenvalue weighted by atomic mass is 35.5. The molecule has 1 aromatic rings. The zero-order valence-corrected chi connectivity index (χ0v) is 17.1. The molecule has 0 amide bonds. The fourth-order valence-electron chi connectivity index (χ4n) is 3.33. The third kappa shape index (κ3) is 5.69. The van der Waals surface area contributed by atoms with Crippen LogP contribution in [-0.4, -0.2) is 44.8 Å². The van der Waals surface area contributed by atoms with E-state index in [1.807, 2.05) is 13.0 Å². The molecule has 1 heterocycles. The molecule has 1 N–H and O–H groups in total. The molecule has 24 heavy (non-hydrogen) atoms. The molecule has 140 valence electrons. The standard InChI is InChI=1S/C18H30N2O2.2ClH/c1-6-22-15-8-7-14(13-16(15)21-5)17(18(2,3)4)20-11-9-19-10-12-20;;/h7-8,13,17,19H,6,9-12H2,1-5H3;2*1H/t17-;;/m0../s1. The van der Waals surface area contributed by atoms with Gasteiger partial charge in [0.25, 0.3) is 0 Å². The molecule has 1 aliphatic heterocycles. The van der Waals surface area contributed by atoms with Gasteiger partial charge in [0.1, 0.15) is 0 Å². The molecule has 0 unspecified atom stereocenters. The van der Waals surface area contributed by atoms with Gasteiger partial charge in [0.15, 0.2) is 11.5 Å². The zero-order chi connectivity index (χ0) is 16.2. The van der Waals surface area contributed by atoms with Crippen molar-refractivity contribution in [3.05, 3.63) is 23.8 Å². The Morgan fingerprint density at radius 1 is 1.12 bits per heavy atom. The molecule has 1 aliphatic rings. The number of piperazine rings is 1. The van der Waals surface area contributed by atoms with E-state index in [9.17, 15) is 0 Å². The summed E-state index contributed by atoms with van der Waals surface area (Å²) in [6.07, 6.45) is 0. The SMILES string of the molecule is CCOc1ccc([C@H](N2CCNCC2)C(C)(C)C)cc1OC.Cl.Cl. The topological polar surface area (TPSA) is 33.7 Å². The van der Waals surface area contributed by atoms with E-state index in [1.54, 1.807) is 7.11 Å². The van der Waals surface area contributed by atoms with Gasteiger partial charge in [0.2, 0.25) is 0 Å². The predicted octanol–water partition coefficient (Wildman–Crippen LogP) is 3.93. The minimum atomic E-state index is 0. The second kappa shape index (κ2) is 10.3. The van der Waals surface area contributed by atoms with E-state index >= 15 is 0 Å². The van der Waals surface area contributed by atoms with Gasteiger partial charge < -0.3 is 14.8 Å². The first-order valence-corrected chi connectivity index (χ1v) is 8.23. The summed E-state index contributed by atoms with van der Waals surface area (Å²) < 4.78 is 11.2. The van der Waals surface area contributed by atoms with Crippen molar-refractivity contribution in [1.29, 1.82) is 0 Å². The summed E-state index contributed by atoms with van der Waals surface area (Å²) in [5.74, 6) is 1.64. The van der Waals surface area contributed by atoms with E-state index in [0.717, 1.165) is 37.7 Å². The number of hydrogen-bond acceptors (Lipinski definition) is 4. The first kappa shape index (κ1) is 23.3. The quantitative estimate of drug-likeness (QED) is 0.841. The molecule has 1 aromatic carbocycles. The third-order valence-electron chi connectivity index (χ3n) is 4.14. The van der Waals surface area contributed by atoms with Crippen LogP contribution in [0.1, 0.15) is 39.3 Å². The Kier molecular flexibility index (Phi) is 10.0. The Morgan fingerprint density at radius 3 is 2.25 bits per heavy atom. The van der Waals surface area contributed by atoms with E-state index in [0.29, 0.717) is 12.6 Å². The summed E-state index contributed by atoms with van der Waals surface area (Å²) in [4.78, 5) is 2.58. The normalized spacial score (nSPS) is 16.5. The van der Waals surface area contributed by atoms with E-state index in [2.05, 4.69) is 43.1 Å². The number of rotatable bonds is 5. The molecule has 4 nitrogen and oxygen atoms in total. The number of halogens is 2. The molecule has 1 fully saturated rings. The summed E-state index contributed by atoms with van der Waals surface area (Å²) in [5.41, 5.74) is 1.46. The van der Waals surface area contributed by atoms with Crippen LogP contribution in [0.15, 0.2) is 18.2 Å². The van der Waals surface area contributed by atoms with E-state index in [4.69, 9.17) is 9.47 Å². The van der Waals surface area contributed by atoms with Gasteiger partial charge in [-0.1, -0.05) is 26.8 Å². The molecule has 0 spiro atoms. The molecule has 0 aromatic heterocycles. The minimum Gasteiger partial charge on any atom is -0.493 e. The van der Waals surface area contributed by atoms with Crippen molar-refractivity contribution >= 4 is 24.8 Å². The Morgan fingerprint density at radius 2 is 1.75 bits per heavy atom. The molecule has 0 aliphatic carbocycles. The van der Waals surface area contributed by atoms with Gasteiger partial charge in [-0.3, -0.25) is 4.90 Å². The summed E-state index contributed by atoms with van der Waals surface area (Å²) >= 11 is 0. The molecule has 0 radical (unpaired) electrons. The Bertz CT molecular complexity index is 486. The molecule has 6 heteroatoms. The fraction of sp³-hybridized carbons (Fsp3) is 0.667.